The molecule has 2 nitrogen and oxygen atoms in total. The Balaban J connectivity index is 1.98. The molecule has 0 heterocycles. The second kappa shape index (κ2) is 7.24. The molecule has 0 aliphatic heterocycles. The highest BCUT2D eigenvalue weighted by Crippen LogP contribution is 2.29. The van der Waals surface area contributed by atoms with Crippen LogP contribution in [0, 0.1) is 5.92 Å². The first-order valence-electron chi connectivity index (χ1n) is 8.24. The van der Waals surface area contributed by atoms with Gasteiger partial charge in [0.1, 0.15) is 0 Å². The molecule has 2 atom stereocenters. The molecular formula is C18H30N2. The van der Waals surface area contributed by atoms with Crippen molar-refractivity contribution in [1.29, 1.82) is 0 Å². The predicted molar refractivity (Wildman–Crippen MR) is 86.8 cm³/mol. The van der Waals surface area contributed by atoms with Crippen LogP contribution in [0.2, 0.25) is 0 Å². The SMILES string of the molecule is CCc1ccc(C(N)C(C)N(CC)CC2CCC2)cc1. The lowest BCUT2D eigenvalue weighted by atomic mass is 9.84. The molecule has 2 heteroatoms. The summed E-state index contributed by atoms with van der Waals surface area (Å²) in [6.45, 7) is 9.04. The van der Waals surface area contributed by atoms with Gasteiger partial charge >= 0.3 is 0 Å². The fourth-order valence-electron chi connectivity index (χ4n) is 3.07. The van der Waals surface area contributed by atoms with Crippen LogP contribution in [0.5, 0.6) is 0 Å². The topological polar surface area (TPSA) is 29.3 Å². The summed E-state index contributed by atoms with van der Waals surface area (Å²) in [5, 5.41) is 0. The molecule has 0 spiro atoms. The molecule has 1 aliphatic carbocycles. The van der Waals surface area contributed by atoms with E-state index in [0.29, 0.717) is 6.04 Å². The van der Waals surface area contributed by atoms with Crippen molar-refractivity contribution in [3.8, 4) is 0 Å². The van der Waals surface area contributed by atoms with E-state index in [1.807, 2.05) is 0 Å². The maximum atomic E-state index is 6.50. The van der Waals surface area contributed by atoms with Crippen LogP contribution in [0.4, 0.5) is 0 Å². The summed E-state index contributed by atoms with van der Waals surface area (Å²) < 4.78 is 0. The quantitative estimate of drug-likeness (QED) is 0.820. The highest BCUT2D eigenvalue weighted by molar-refractivity contribution is 5.25. The van der Waals surface area contributed by atoms with Crippen LogP contribution in [-0.2, 0) is 6.42 Å². The van der Waals surface area contributed by atoms with E-state index >= 15 is 0 Å². The Kier molecular flexibility index (Phi) is 5.62. The van der Waals surface area contributed by atoms with Crippen molar-refractivity contribution < 1.29 is 0 Å². The maximum Gasteiger partial charge on any atom is 0.0450 e. The van der Waals surface area contributed by atoms with Crippen LogP contribution in [0.3, 0.4) is 0 Å². The van der Waals surface area contributed by atoms with E-state index < -0.39 is 0 Å². The van der Waals surface area contributed by atoms with Crippen LogP contribution in [0.1, 0.15) is 57.2 Å². The molecule has 0 aromatic heterocycles. The zero-order valence-electron chi connectivity index (χ0n) is 13.3. The Morgan fingerprint density at radius 2 is 1.85 bits per heavy atom. The van der Waals surface area contributed by atoms with Crippen molar-refractivity contribution in [2.75, 3.05) is 13.1 Å². The summed E-state index contributed by atoms with van der Waals surface area (Å²) >= 11 is 0. The molecule has 0 radical (unpaired) electrons. The van der Waals surface area contributed by atoms with E-state index in [9.17, 15) is 0 Å². The van der Waals surface area contributed by atoms with Gasteiger partial charge in [-0.2, -0.15) is 0 Å². The maximum absolute atomic E-state index is 6.50. The number of aryl methyl sites for hydroxylation is 1. The zero-order chi connectivity index (χ0) is 14.5. The third kappa shape index (κ3) is 3.62. The first kappa shape index (κ1) is 15.5. The summed E-state index contributed by atoms with van der Waals surface area (Å²) in [6.07, 6.45) is 5.32. The molecule has 20 heavy (non-hydrogen) atoms. The zero-order valence-corrected chi connectivity index (χ0v) is 13.3. The number of rotatable bonds is 7. The van der Waals surface area contributed by atoms with Crippen molar-refractivity contribution in [3.05, 3.63) is 35.4 Å². The molecule has 1 saturated carbocycles. The van der Waals surface area contributed by atoms with Gasteiger partial charge in [0.25, 0.3) is 0 Å². The second-order valence-electron chi connectivity index (χ2n) is 6.25. The van der Waals surface area contributed by atoms with Crippen molar-refractivity contribution in [3.63, 3.8) is 0 Å². The monoisotopic (exact) mass is 274 g/mol. The van der Waals surface area contributed by atoms with Crippen molar-refractivity contribution in [2.45, 2.75) is 58.5 Å². The second-order valence-corrected chi connectivity index (χ2v) is 6.25. The van der Waals surface area contributed by atoms with Gasteiger partial charge in [-0.05, 0) is 49.8 Å². The summed E-state index contributed by atoms with van der Waals surface area (Å²) in [4.78, 5) is 2.56. The van der Waals surface area contributed by atoms with Crippen LogP contribution in [0.25, 0.3) is 0 Å². The van der Waals surface area contributed by atoms with E-state index in [1.54, 1.807) is 0 Å². The third-order valence-corrected chi connectivity index (χ3v) is 4.99. The average molecular weight is 274 g/mol. The molecule has 1 fully saturated rings. The van der Waals surface area contributed by atoms with Gasteiger partial charge in [-0.1, -0.05) is 44.5 Å². The Morgan fingerprint density at radius 1 is 1.20 bits per heavy atom. The Hall–Kier alpha value is -0.860. The molecule has 0 saturated heterocycles. The number of nitrogens with two attached hydrogens (primary N) is 1. The lowest BCUT2D eigenvalue weighted by Crippen LogP contribution is -2.44. The highest BCUT2D eigenvalue weighted by atomic mass is 15.2. The third-order valence-electron chi connectivity index (χ3n) is 4.99. The predicted octanol–water partition coefficient (Wildman–Crippen LogP) is 3.76. The lowest BCUT2D eigenvalue weighted by Gasteiger charge is -2.37. The summed E-state index contributed by atoms with van der Waals surface area (Å²) in [5.41, 5.74) is 9.15. The average Bonchev–Trinajstić information content (AvgIpc) is 2.45. The first-order valence-corrected chi connectivity index (χ1v) is 8.24. The van der Waals surface area contributed by atoms with Gasteiger partial charge in [-0.15, -0.1) is 0 Å². The van der Waals surface area contributed by atoms with Crippen LogP contribution < -0.4 is 5.73 Å². The van der Waals surface area contributed by atoms with Crippen LogP contribution in [-0.4, -0.2) is 24.0 Å². The fraction of sp³-hybridized carbons (Fsp3) is 0.667. The number of nitrogens with zero attached hydrogens (tertiary/aromatic N) is 1. The van der Waals surface area contributed by atoms with Gasteiger partial charge in [-0.25, -0.2) is 0 Å². The van der Waals surface area contributed by atoms with Crippen molar-refractivity contribution in [2.24, 2.45) is 11.7 Å². The van der Waals surface area contributed by atoms with Gasteiger partial charge in [0.15, 0.2) is 0 Å². The number of likely N-dealkylation sites (N-methyl/N-ethyl adjacent to an activating group) is 1. The standard InChI is InChI=1S/C18H30N2/c1-4-15-9-11-17(12-10-15)18(19)14(3)20(5-2)13-16-7-6-8-16/h9-12,14,16,18H,4-8,13,19H2,1-3H3. The number of hydrogen-bond donors (Lipinski definition) is 1. The minimum Gasteiger partial charge on any atom is -0.323 e. The van der Waals surface area contributed by atoms with Crippen LogP contribution in [0.15, 0.2) is 24.3 Å². The van der Waals surface area contributed by atoms with Crippen molar-refractivity contribution >= 4 is 0 Å². The van der Waals surface area contributed by atoms with Crippen molar-refractivity contribution in [1.82, 2.24) is 4.90 Å². The molecule has 112 valence electrons. The van der Waals surface area contributed by atoms with Gasteiger partial charge in [0.2, 0.25) is 0 Å². The van der Waals surface area contributed by atoms with Gasteiger partial charge in [0.05, 0.1) is 0 Å². The Morgan fingerprint density at radius 3 is 2.30 bits per heavy atom. The Labute approximate surface area is 124 Å². The highest BCUT2D eigenvalue weighted by Gasteiger charge is 2.26. The summed E-state index contributed by atoms with van der Waals surface area (Å²) in [5.74, 6) is 0.909. The minimum absolute atomic E-state index is 0.112. The molecule has 2 rings (SSSR count). The summed E-state index contributed by atoms with van der Waals surface area (Å²) in [6, 6.07) is 9.36. The fourth-order valence-corrected chi connectivity index (χ4v) is 3.07. The summed E-state index contributed by atoms with van der Waals surface area (Å²) in [7, 11) is 0. The molecule has 2 unspecified atom stereocenters. The van der Waals surface area contributed by atoms with E-state index in [0.717, 1.165) is 18.9 Å². The smallest absolute Gasteiger partial charge is 0.0450 e. The lowest BCUT2D eigenvalue weighted by molar-refractivity contribution is 0.131. The minimum atomic E-state index is 0.112. The first-order chi connectivity index (χ1) is 9.65. The largest absolute Gasteiger partial charge is 0.323 e. The number of hydrogen-bond acceptors (Lipinski definition) is 2. The Bertz CT molecular complexity index is 394. The van der Waals surface area contributed by atoms with E-state index in [1.165, 1.54) is 36.9 Å². The molecular weight excluding hydrogens is 244 g/mol. The van der Waals surface area contributed by atoms with Gasteiger partial charge in [-0.3, -0.25) is 4.90 Å². The molecule has 0 amide bonds. The van der Waals surface area contributed by atoms with E-state index in [4.69, 9.17) is 5.73 Å². The van der Waals surface area contributed by atoms with E-state index in [2.05, 4.69) is 49.9 Å². The normalized spacial score (nSPS) is 18.9. The van der Waals surface area contributed by atoms with Gasteiger partial charge in [0, 0.05) is 18.6 Å². The molecule has 2 N–H and O–H groups in total. The van der Waals surface area contributed by atoms with Gasteiger partial charge < -0.3 is 5.73 Å². The molecule has 1 aromatic rings. The van der Waals surface area contributed by atoms with Crippen LogP contribution >= 0.6 is 0 Å². The van der Waals surface area contributed by atoms with E-state index in [-0.39, 0.29) is 6.04 Å². The molecule has 0 bridgehead atoms. The molecule has 1 aromatic carbocycles. The molecule has 1 aliphatic rings. The number of benzene rings is 1.